The lowest BCUT2D eigenvalue weighted by Crippen LogP contribution is -2.23. The average molecular weight is 135 g/mol. The van der Waals surface area contributed by atoms with Crippen molar-refractivity contribution in [3.05, 3.63) is 22.8 Å². The maximum absolute atomic E-state index is 3.19. The Morgan fingerprint density at radius 2 is 2.20 bits per heavy atom. The summed E-state index contributed by atoms with van der Waals surface area (Å²) in [5.41, 5.74) is 1.33. The fourth-order valence-corrected chi connectivity index (χ4v) is 1.06. The zero-order chi connectivity index (χ0) is 7.56. The van der Waals surface area contributed by atoms with Crippen molar-refractivity contribution >= 4 is 11.6 Å². The second kappa shape index (κ2) is 2.74. The van der Waals surface area contributed by atoms with Gasteiger partial charge in [0.25, 0.3) is 0 Å². The molecule has 0 unspecified atom stereocenters. The predicted molar refractivity (Wildman–Crippen MR) is 44.9 cm³/mol. The lowest BCUT2D eigenvalue weighted by Gasteiger charge is -1.83. The van der Waals surface area contributed by atoms with E-state index < -0.39 is 0 Å². The topological polar surface area (TPSA) is 15.8 Å². The highest BCUT2D eigenvalue weighted by Crippen LogP contribution is 1.80. The average Bonchev–Trinajstić information content (AvgIpc) is 2.33. The Labute approximate surface area is 61.1 Å². The van der Waals surface area contributed by atoms with Crippen LogP contribution in [0.1, 0.15) is 20.8 Å². The molecule has 0 atom stereocenters. The summed E-state index contributed by atoms with van der Waals surface area (Å²) >= 11 is 0. The van der Waals surface area contributed by atoms with Gasteiger partial charge in [-0.05, 0) is 32.1 Å². The van der Waals surface area contributed by atoms with Crippen LogP contribution < -0.4 is 10.6 Å². The van der Waals surface area contributed by atoms with Crippen molar-refractivity contribution in [1.82, 2.24) is 4.98 Å². The number of hydrogen-bond acceptors (Lipinski definition) is 0. The molecule has 0 fully saturated rings. The summed E-state index contributed by atoms with van der Waals surface area (Å²) in [4.78, 5) is 3.19. The summed E-state index contributed by atoms with van der Waals surface area (Å²) in [5, 5.41) is 2.54. The molecule has 0 aliphatic heterocycles. The molecular weight excluding hydrogens is 122 g/mol. The van der Waals surface area contributed by atoms with Gasteiger partial charge in [-0.25, -0.2) is 0 Å². The number of H-pyrrole nitrogens is 1. The molecule has 1 nitrogen and oxygen atoms in total. The van der Waals surface area contributed by atoms with Crippen LogP contribution in [0.2, 0.25) is 0 Å². The zero-order valence-corrected chi connectivity index (χ0v) is 6.73. The molecule has 0 amide bonds. The van der Waals surface area contributed by atoms with Gasteiger partial charge in [-0.3, -0.25) is 0 Å². The summed E-state index contributed by atoms with van der Waals surface area (Å²) in [7, 11) is 0. The fraction of sp³-hybridized carbons (Fsp3) is 0.333. The first kappa shape index (κ1) is 7.13. The third-order valence-electron chi connectivity index (χ3n) is 1.59. The first-order valence-corrected chi connectivity index (χ1v) is 3.53. The van der Waals surface area contributed by atoms with Crippen molar-refractivity contribution in [2.24, 2.45) is 0 Å². The lowest BCUT2D eigenvalue weighted by atomic mass is 10.3. The van der Waals surface area contributed by atoms with Crippen LogP contribution in [0.5, 0.6) is 0 Å². The van der Waals surface area contributed by atoms with Crippen molar-refractivity contribution in [3.8, 4) is 0 Å². The Bertz CT molecular complexity index is 313. The van der Waals surface area contributed by atoms with E-state index >= 15 is 0 Å². The monoisotopic (exact) mass is 135 g/mol. The molecule has 0 aromatic carbocycles. The van der Waals surface area contributed by atoms with Gasteiger partial charge in [0.2, 0.25) is 0 Å². The minimum atomic E-state index is 1.25. The first-order chi connectivity index (χ1) is 4.75. The summed E-state index contributed by atoms with van der Waals surface area (Å²) in [6.45, 7) is 6.27. The molecule has 10 heavy (non-hydrogen) atoms. The molecule has 1 rings (SSSR count). The van der Waals surface area contributed by atoms with E-state index in [4.69, 9.17) is 0 Å². The van der Waals surface area contributed by atoms with Gasteiger partial charge in [0.1, 0.15) is 0 Å². The number of aromatic nitrogens is 1. The van der Waals surface area contributed by atoms with E-state index in [-0.39, 0.29) is 0 Å². The van der Waals surface area contributed by atoms with Gasteiger partial charge in [0.15, 0.2) is 0 Å². The summed E-state index contributed by atoms with van der Waals surface area (Å²) in [6, 6.07) is 2.09. The van der Waals surface area contributed by atoms with Crippen molar-refractivity contribution in [2.75, 3.05) is 0 Å². The molecule has 1 heteroatoms. The second-order valence-corrected chi connectivity index (χ2v) is 2.60. The normalized spacial score (nSPS) is 12.1. The number of rotatable bonds is 0. The molecular formula is C9H13N. The molecule has 0 spiro atoms. The molecule has 0 aliphatic carbocycles. The third kappa shape index (κ3) is 1.13. The second-order valence-electron chi connectivity index (χ2n) is 2.60. The molecule has 54 valence electrons. The minimum Gasteiger partial charge on any atom is -0.361 e. The van der Waals surface area contributed by atoms with Crippen LogP contribution >= 0.6 is 0 Å². The van der Waals surface area contributed by atoms with E-state index in [1.54, 1.807) is 0 Å². The van der Waals surface area contributed by atoms with Crippen LogP contribution in [0.15, 0.2) is 12.3 Å². The van der Waals surface area contributed by atoms with Crippen LogP contribution in [0.3, 0.4) is 0 Å². The maximum Gasteiger partial charge on any atom is 0.0436 e. The third-order valence-corrected chi connectivity index (χ3v) is 1.59. The van der Waals surface area contributed by atoms with Gasteiger partial charge in [0, 0.05) is 11.5 Å². The Kier molecular flexibility index (Phi) is 1.95. The molecule has 0 aliphatic rings. The molecule has 0 radical (unpaired) electrons. The van der Waals surface area contributed by atoms with E-state index in [0.717, 1.165) is 0 Å². The molecule has 1 heterocycles. The van der Waals surface area contributed by atoms with Crippen LogP contribution in [0, 0.1) is 0 Å². The number of hydrogen-bond donors (Lipinski definition) is 1. The summed E-state index contributed by atoms with van der Waals surface area (Å²) in [5.74, 6) is 0. The van der Waals surface area contributed by atoms with Gasteiger partial charge in [0.05, 0.1) is 0 Å². The highest BCUT2D eigenvalue weighted by molar-refractivity contribution is 5.38. The van der Waals surface area contributed by atoms with E-state index in [9.17, 15) is 0 Å². The standard InChI is InChI=1S/C9H13N/c1-4-8-5-6-10-9(8)7(2)3/h4-6,10H,1-3H3/b8-4-. The molecule has 0 saturated heterocycles. The van der Waals surface area contributed by atoms with Crippen molar-refractivity contribution < 1.29 is 0 Å². The quantitative estimate of drug-likeness (QED) is 0.546. The highest BCUT2D eigenvalue weighted by atomic mass is 14.6. The van der Waals surface area contributed by atoms with E-state index in [1.165, 1.54) is 16.1 Å². The van der Waals surface area contributed by atoms with E-state index in [2.05, 4.69) is 37.9 Å². The molecule has 1 N–H and O–H groups in total. The minimum absolute atomic E-state index is 1.25. The van der Waals surface area contributed by atoms with Crippen LogP contribution in [0.25, 0.3) is 11.6 Å². The van der Waals surface area contributed by atoms with Crippen molar-refractivity contribution in [3.63, 3.8) is 0 Å². The van der Waals surface area contributed by atoms with E-state index in [1.807, 2.05) is 6.20 Å². The predicted octanol–water partition coefficient (Wildman–Crippen LogP) is 1.01. The summed E-state index contributed by atoms with van der Waals surface area (Å²) < 4.78 is 0. The molecule has 0 bridgehead atoms. The zero-order valence-electron chi connectivity index (χ0n) is 6.73. The van der Waals surface area contributed by atoms with Crippen LogP contribution in [-0.2, 0) is 0 Å². The van der Waals surface area contributed by atoms with Gasteiger partial charge in [-0.15, -0.1) is 0 Å². The summed E-state index contributed by atoms with van der Waals surface area (Å²) in [6.07, 6.45) is 4.08. The van der Waals surface area contributed by atoms with Gasteiger partial charge in [-0.2, -0.15) is 0 Å². The smallest absolute Gasteiger partial charge is 0.0436 e. The largest absolute Gasteiger partial charge is 0.361 e. The van der Waals surface area contributed by atoms with Gasteiger partial charge in [-0.1, -0.05) is 11.6 Å². The highest BCUT2D eigenvalue weighted by Gasteiger charge is 1.84. The van der Waals surface area contributed by atoms with Crippen LogP contribution in [-0.4, -0.2) is 4.98 Å². The van der Waals surface area contributed by atoms with E-state index in [0.29, 0.717) is 0 Å². The fourth-order valence-electron chi connectivity index (χ4n) is 1.06. The lowest BCUT2D eigenvalue weighted by molar-refractivity contribution is 1.27. The first-order valence-electron chi connectivity index (χ1n) is 3.53. The Hall–Kier alpha value is -0.980. The van der Waals surface area contributed by atoms with Gasteiger partial charge >= 0.3 is 0 Å². The molecule has 0 saturated carbocycles. The molecule has 1 aromatic heterocycles. The Morgan fingerprint density at radius 1 is 1.50 bits per heavy atom. The van der Waals surface area contributed by atoms with Crippen molar-refractivity contribution in [1.29, 1.82) is 0 Å². The number of nitrogens with one attached hydrogen (secondary N) is 1. The SMILES string of the molecule is C/C=c1/cc[nH]c1=C(C)C. The van der Waals surface area contributed by atoms with Crippen LogP contribution in [0.4, 0.5) is 0 Å². The molecule has 1 aromatic rings. The maximum atomic E-state index is 3.19. The van der Waals surface area contributed by atoms with Gasteiger partial charge < -0.3 is 4.98 Å². The van der Waals surface area contributed by atoms with Crippen molar-refractivity contribution in [2.45, 2.75) is 20.8 Å². The Balaban J connectivity index is 3.59. The number of aromatic amines is 1. The Morgan fingerprint density at radius 3 is 2.60 bits per heavy atom.